The second kappa shape index (κ2) is 6.57. The lowest BCUT2D eigenvalue weighted by Crippen LogP contribution is -2.30. The van der Waals surface area contributed by atoms with E-state index in [2.05, 4.69) is 25.6 Å². The molecule has 1 aromatic heterocycles. The lowest BCUT2D eigenvalue weighted by atomic mass is 10.2. The SMILES string of the molecule is CC(=O)Nc1nnc(S(=O)(=O)NCCC2CCCN2)s1. The van der Waals surface area contributed by atoms with E-state index in [0.717, 1.165) is 37.1 Å². The largest absolute Gasteiger partial charge is 0.314 e. The van der Waals surface area contributed by atoms with Crippen LogP contribution in [-0.4, -0.2) is 43.7 Å². The number of nitrogens with one attached hydrogen (secondary N) is 3. The second-order valence-corrected chi connectivity index (χ2v) is 7.45. The standard InChI is InChI=1S/C10H17N5O3S2/c1-7(16)13-9-14-15-10(19-9)20(17,18)12-6-4-8-3-2-5-11-8/h8,11-12H,2-6H2,1H3,(H,13,14,16). The molecule has 1 aliphatic rings. The molecule has 112 valence electrons. The van der Waals surface area contributed by atoms with Gasteiger partial charge >= 0.3 is 0 Å². The lowest BCUT2D eigenvalue weighted by molar-refractivity contribution is -0.114. The third-order valence-corrected chi connectivity index (χ3v) is 5.53. The van der Waals surface area contributed by atoms with Crippen molar-refractivity contribution in [3.8, 4) is 0 Å². The van der Waals surface area contributed by atoms with Gasteiger partial charge < -0.3 is 10.6 Å². The Morgan fingerprint density at radius 1 is 1.50 bits per heavy atom. The smallest absolute Gasteiger partial charge is 0.269 e. The van der Waals surface area contributed by atoms with Crippen LogP contribution in [-0.2, 0) is 14.8 Å². The Labute approximate surface area is 121 Å². The zero-order valence-electron chi connectivity index (χ0n) is 11.0. The molecule has 1 aliphatic heterocycles. The fourth-order valence-corrected chi connectivity index (χ4v) is 3.99. The number of sulfonamides is 1. The van der Waals surface area contributed by atoms with Crippen LogP contribution in [0.2, 0.25) is 0 Å². The molecule has 0 bridgehead atoms. The Bertz CT molecular complexity index is 565. The van der Waals surface area contributed by atoms with Gasteiger partial charge in [-0.3, -0.25) is 4.79 Å². The van der Waals surface area contributed by atoms with Crippen LogP contribution in [0.15, 0.2) is 4.34 Å². The summed E-state index contributed by atoms with van der Waals surface area (Å²) >= 11 is 0.831. The van der Waals surface area contributed by atoms with Gasteiger partial charge in [0.1, 0.15) is 0 Å². The van der Waals surface area contributed by atoms with Gasteiger partial charge in [0, 0.05) is 19.5 Å². The van der Waals surface area contributed by atoms with Gasteiger partial charge in [0.2, 0.25) is 15.4 Å². The predicted octanol–water partition coefficient (Wildman–Crippen LogP) is -0.0831. The highest BCUT2D eigenvalue weighted by atomic mass is 32.2. The molecule has 1 saturated heterocycles. The Morgan fingerprint density at radius 3 is 2.95 bits per heavy atom. The number of carbonyl (C=O) groups is 1. The molecular weight excluding hydrogens is 302 g/mol. The molecule has 1 amide bonds. The van der Waals surface area contributed by atoms with Crippen molar-refractivity contribution < 1.29 is 13.2 Å². The predicted molar refractivity (Wildman–Crippen MR) is 75.0 cm³/mol. The molecule has 1 unspecified atom stereocenters. The number of nitrogens with zero attached hydrogens (tertiary/aromatic N) is 2. The van der Waals surface area contributed by atoms with Crippen LogP contribution in [0.4, 0.5) is 5.13 Å². The van der Waals surface area contributed by atoms with E-state index in [1.807, 2.05) is 0 Å². The molecule has 10 heteroatoms. The average molecular weight is 319 g/mol. The van der Waals surface area contributed by atoms with Gasteiger partial charge in [-0.15, -0.1) is 10.2 Å². The molecule has 20 heavy (non-hydrogen) atoms. The summed E-state index contributed by atoms with van der Waals surface area (Å²) in [6.45, 7) is 2.67. The zero-order valence-corrected chi connectivity index (χ0v) is 12.7. The molecule has 2 rings (SSSR count). The molecule has 0 aromatic carbocycles. The Hall–Kier alpha value is -1.10. The van der Waals surface area contributed by atoms with Crippen LogP contribution < -0.4 is 15.4 Å². The lowest BCUT2D eigenvalue weighted by Gasteiger charge is -2.09. The van der Waals surface area contributed by atoms with Crippen molar-refractivity contribution in [2.45, 2.75) is 36.6 Å². The van der Waals surface area contributed by atoms with Gasteiger partial charge in [0.25, 0.3) is 10.0 Å². The third kappa shape index (κ3) is 4.20. The maximum Gasteiger partial charge on any atom is 0.269 e. The maximum absolute atomic E-state index is 12.0. The number of amides is 1. The summed E-state index contributed by atoms with van der Waals surface area (Å²) < 4.78 is 26.3. The van der Waals surface area contributed by atoms with Crippen molar-refractivity contribution in [2.24, 2.45) is 0 Å². The first-order chi connectivity index (χ1) is 9.47. The average Bonchev–Trinajstić information content (AvgIpc) is 2.99. The number of aromatic nitrogens is 2. The normalized spacial score (nSPS) is 19.1. The van der Waals surface area contributed by atoms with E-state index in [4.69, 9.17) is 0 Å². The van der Waals surface area contributed by atoms with E-state index in [-0.39, 0.29) is 15.4 Å². The minimum absolute atomic E-state index is 0.138. The minimum Gasteiger partial charge on any atom is -0.314 e. The molecule has 1 fully saturated rings. The van der Waals surface area contributed by atoms with Crippen LogP contribution in [0, 0.1) is 0 Å². The fourth-order valence-electron chi connectivity index (χ4n) is 1.95. The molecule has 1 aromatic rings. The number of rotatable bonds is 6. The highest BCUT2D eigenvalue weighted by Gasteiger charge is 2.21. The van der Waals surface area contributed by atoms with E-state index in [9.17, 15) is 13.2 Å². The van der Waals surface area contributed by atoms with Crippen molar-refractivity contribution in [3.05, 3.63) is 0 Å². The summed E-state index contributed by atoms with van der Waals surface area (Å²) in [5.74, 6) is -0.314. The van der Waals surface area contributed by atoms with Crippen molar-refractivity contribution >= 4 is 32.4 Å². The summed E-state index contributed by atoms with van der Waals surface area (Å²) in [6, 6.07) is 0.377. The molecule has 0 aliphatic carbocycles. The summed E-state index contributed by atoms with van der Waals surface area (Å²) in [5.41, 5.74) is 0. The molecule has 1 atom stereocenters. The number of carbonyl (C=O) groups excluding carboxylic acids is 1. The van der Waals surface area contributed by atoms with E-state index in [1.165, 1.54) is 6.92 Å². The van der Waals surface area contributed by atoms with Gasteiger partial charge in [0.15, 0.2) is 0 Å². The summed E-state index contributed by atoms with van der Waals surface area (Å²) in [4.78, 5) is 10.8. The monoisotopic (exact) mass is 319 g/mol. The van der Waals surface area contributed by atoms with E-state index < -0.39 is 10.0 Å². The van der Waals surface area contributed by atoms with Gasteiger partial charge in [-0.1, -0.05) is 11.3 Å². The maximum atomic E-state index is 12.0. The Morgan fingerprint density at radius 2 is 2.30 bits per heavy atom. The van der Waals surface area contributed by atoms with Crippen LogP contribution in [0.5, 0.6) is 0 Å². The molecule has 0 spiro atoms. The van der Waals surface area contributed by atoms with Crippen molar-refractivity contribution in [1.82, 2.24) is 20.2 Å². The second-order valence-electron chi connectivity index (χ2n) is 4.53. The van der Waals surface area contributed by atoms with Crippen LogP contribution >= 0.6 is 11.3 Å². The molecule has 0 saturated carbocycles. The highest BCUT2D eigenvalue weighted by molar-refractivity contribution is 7.91. The number of hydrogen-bond acceptors (Lipinski definition) is 7. The highest BCUT2D eigenvalue weighted by Crippen LogP contribution is 2.19. The third-order valence-electron chi connectivity index (χ3n) is 2.87. The van der Waals surface area contributed by atoms with Crippen LogP contribution in [0.1, 0.15) is 26.2 Å². The van der Waals surface area contributed by atoms with Crippen LogP contribution in [0.3, 0.4) is 0 Å². The van der Waals surface area contributed by atoms with Crippen LogP contribution in [0.25, 0.3) is 0 Å². The number of hydrogen-bond donors (Lipinski definition) is 3. The summed E-state index contributed by atoms with van der Waals surface area (Å²) in [6.07, 6.45) is 2.96. The molecule has 8 nitrogen and oxygen atoms in total. The van der Waals surface area contributed by atoms with Crippen molar-refractivity contribution in [2.75, 3.05) is 18.4 Å². The first-order valence-electron chi connectivity index (χ1n) is 6.31. The van der Waals surface area contributed by atoms with Gasteiger partial charge in [-0.25, -0.2) is 13.1 Å². The molecule has 0 radical (unpaired) electrons. The van der Waals surface area contributed by atoms with Crippen molar-refractivity contribution in [3.63, 3.8) is 0 Å². The van der Waals surface area contributed by atoms with Gasteiger partial charge in [-0.2, -0.15) is 0 Å². The fraction of sp³-hybridized carbons (Fsp3) is 0.700. The minimum atomic E-state index is -3.65. The van der Waals surface area contributed by atoms with Gasteiger partial charge in [-0.05, 0) is 25.8 Å². The van der Waals surface area contributed by atoms with Gasteiger partial charge in [0.05, 0.1) is 0 Å². The molecule has 2 heterocycles. The van der Waals surface area contributed by atoms with E-state index >= 15 is 0 Å². The van der Waals surface area contributed by atoms with E-state index in [1.54, 1.807) is 0 Å². The summed E-state index contributed by atoms with van der Waals surface area (Å²) in [5, 5.41) is 13.1. The summed E-state index contributed by atoms with van der Waals surface area (Å²) in [7, 11) is -3.65. The quantitative estimate of drug-likeness (QED) is 0.632. The Kier molecular flexibility index (Phi) is 5.02. The Balaban J connectivity index is 1.88. The first-order valence-corrected chi connectivity index (χ1v) is 8.61. The van der Waals surface area contributed by atoms with E-state index in [0.29, 0.717) is 12.6 Å². The van der Waals surface area contributed by atoms with Crippen molar-refractivity contribution in [1.29, 1.82) is 0 Å². The molecule has 3 N–H and O–H groups in total. The topological polar surface area (TPSA) is 113 Å². The molecular formula is C10H17N5O3S2. The first kappa shape index (κ1) is 15.3. The number of anilines is 1. The zero-order chi connectivity index (χ0) is 14.6.